The van der Waals surface area contributed by atoms with E-state index in [1.54, 1.807) is 18.2 Å². The molecule has 0 saturated heterocycles. The molecule has 1 N–H and O–H groups in total. The van der Waals surface area contributed by atoms with E-state index in [1.165, 1.54) is 14.2 Å². The van der Waals surface area contributed by atoms with E-state index in [0.717, 1.165) is 6.42 Å². The van der Waals surface area contributed by atoms with Crippen LogP contribution in [0.2, 0.25) is 0 Å². The van der Waals surface area contributed by atoms with Crippen molar-refractivity contribution in [1.29, 1.82) is 0 Å². The van der Waals surface area contributed by atoms with E-state index in [2.05, 4.69) is 0 Å². The van der Waals surface area contributed by atoms with E-state index in [1.807, 2.05) is 6.92 Å². The van der Waals surface area contributed by atoms with Crippen LogP contribution in [0.15, 0.2) is 18.2 Å². The molecule has 106 valence electrons. The van der Waals surface area contributed by atoms with Crippen molar-refractivity contribution < 1.29 is 24.1 Å². The second kappa shape index (κ2) is 7.63. The first-order valence-electron chi connectivity index (χ1n) is 6.18. The van der Waals surface area contributed by atoms with Gasteiger partial charge in [0.25, 0.3) is 0 Å². The van der Waals surface area contributed by atoms with Gasteiger partial charge < -0.3 is 19.3 Å². The van der Waals surface area contributed by atoms with Gasteiger partial charge in [-0.2, -0.15) is 0 Å². The van der Waals surface area contributed by atoms with Gasteiger partial charge in [0.1, 0.15) is 11.5 Å². The van der Waals surface area contributed by atoms with E-state index in [9.17, 15) is 9.90 Å². The molecule has 5 nitrogen and oxygen atoms in total. The number of carbonyl (C=O) groups excluding carboxylic acids is 1. The van der Waals surface area contributed by atoms with Gasteiger partial charge in [-0.3, -0.25) is 4.79 Å². The lowest BCUT2D eigenvalue weighted by molar-refractivity contribution is -0.146. The van der Waals surface area contributed by atoms with Crippen LogP contribution in [0.25, 0.3) is 0 Å². The smallest absolute Gasteiger partial charge is 0.308 e. The summed E-state index contributed by atoms with van der Waals surface area (Å²) in [6.45, 7) is 2.27. The van der Waals surface area contributed by atoms with Gasteiger partial charge in [0.2, 0.25) is 0 Å². The largest absolute Gasteiger partial charge is 0.497 e. The first kappa shape index (κ1) is 15.3. The third-order valence-electron chi connectivity index (χ3n) is 2.62. The zero-order valence-electron chi connectivity index (χ0n) is 11.5. The van der Waals surface area contributed by atoms with Gasteiger partial charge in [0.15, 0.2) is 0 Å². The molecule has 1 atom stereocenters. The van der Waals surface area contributed by atoms with Gasteiger partial charge in [0.05, 0.1) is 33.4 Å². The minimum absolute atomic E-state index is 0.108. The highest BCUT2D eigenvalue weighted by molar-refractivity contribution is 5.70. The maximum atomic E-state index is 11.5. The molecule has 0 spiro atoms. The average Bonchev–Trinajstić information content (AvgIpc) is 2.44. The van der Waals surface area contributed by atoms with Crippen molar-refractivity contribution in [1.82, 2.24) is 0 Å². The Balaban J connectivity index is 2.79. The molecule has 5 heteroatoms. The molecule has 0 aromatic heterocycles. The average molecular weight is 268 g/mol. The lowest BCUT2D eigenvalue weighted by Crippen LogP contribution is -2.11. The normalized spacial score (nSPS) is 11.8. The summed E-state index contributed by atoms with van der Waals surface area (Å²) in [4.78, 5) is 11.5. The van der Waals surface area contributed by atoms with Crippen LogP contribution < -0.4 is 9.47 Å². The van der Waals surface area contributed by atoms with Gasteiger partial charge in [-0.25, -0.2) is 0 Å². The van der Waals surface area contributed by atoms with Gasteiger partial charge >= 0.3 is 5.97 Å². The van der Waals surface area contributed by atoms with E-state index in [4.69, 9.17) is 14.2 Å². The molecule has 1 aromatic carbocycles. The SMILES string of the molecule is CCCOC(=O)CC(O)c1cc(OC)ccc1OC. The zero-order chi connectivity index (χ0) is 14.3. The second-order valence-corrected chi connectivity index (χ2v) is 4.05. The zero-order valence-corrected chi connectivity index (χ0v) is 11.5. The molecule has 0 heterocycles. The second-order valence-electron chi connectivity index (χ2n) is 4.05. The Labute approximate surface area is 113 Å². The maximum Gasteiger partial charge on any atom is 0.308 e. The highest BCUT2D eigenvalue weighted by atomic mass is 16.5. The molecule has 19 heavy (non-hydrogen) atoms. The van der Waals surface area contributed by atoms with Crippen LogP contribution in [-0.2, 0) is 9.53 Å². The molecule has 1 unspecified atom stereocenters. The third kappa shape index (κ3) is 4.44. The fourth-order valence-corrected chi connectivity index (χ4v) is 1.64. The first-order valence-corrected chi connectivity index (χ1v) is 6.18. The third-order valence-corrected chi connectivity index (χ3v) is 2.62. The van der Waals surface area contributed by atoms with Crippen LogP contribution >= 0.6 is 0 Å². The van der Waals surface area contributed by atoms with Crippen molar-refractivity contribution in [3.8, 4) is 11.5 Å². The van der Waals surface area contributed by atoms with Gasteiger partial charge in [-0.05, 0) is 24.6 Å². The monoisotopic (exact) mass is 268 g/mol. The van der Waals surface area contributed by atoms with Gasteiger partial charge in [0, 0.05) is 5.56 Å². The van der Waals surface area contributed by atoms with Crippen molar-refractivity contribution in [2.45, 2.75) is 25.9 Å². The van der Waals surface area contributed by atoms with E-state index in [0.29, 0.717) is 23.7 Å². The van der Waals surface area contributed by atoms with Crippen LogP contribution in [0.1, 0.15) is 31.4 Å². The summed E-state index contributed by atoms with van der Waals surface area (Å²) in [7, 11) is 3.04. The molecule has 0 aliphatic heterocycles. The molecule has 1 rings (SSSR count). The predicted octanol–water partition coefficient (Wildman–Crippen LogP) is 2.08. The van der Waals surface area contributed by atoms with Crippen LogP contribution in [0.4, 0.5) is 0 Å². The van der Waals surface area contributed by atoms with E-state index < -0.39 is 12.1 Å². The maximum absolute atomic E-state index is 11.5. The fourth-order valence-electron chi connectivity index (χ4n) is 1.64. The van der Waals surface area contributed by atoms with Crippen LogP contribution in [0.3, 0.4) is 0 Å². The van der Waals surface area contributed by atoms with E-state index >= 15 is 0 Å². The summed E-state index contributed by atoms with van der Waals surface area (Å²) in [5.41, 5.74) is 0.510. The van der Waals surface area contributed by atoms with Crippen molar-refractivity contribution >= 4 is 5.97 Å². The molecule has 1 aromatic rings. The lowest BCUT2D eigenvalue weighted by Gasteiger charge is -2.15. The molecule has 0 fully saturated rings. The number of benzene rings is 1. The topological polar surface area (TPSA) is 65.0 Å². The molecule has 0 saturated carbocycles. The Morgan fingerprint density at radius 1 is 1.32 bits per heavy atom. The Morgan fingerprint density at radius 3 is 2.63 bits per heavy atom. The van der Waals surface area contributed by atoms with Crippen molar-refractivity contribution in [2.24, 2.45) is 0 Å². The highest BCUT2D eigenvalue weighted by Crippen LogP contribution is 2.31. The van der Waals surface area contributed by atoms with Crippen molar-refractivity contribution in [3.63, 3.8) is 0 Å². The predicted molar refractivity (Wildman–Crippen MR) is 70.4 cm³/mol. The minimum Gasteiger partial charge on any atom is -0.497 e. The first-order chi connectivity index (χ1) is 9.12. The van der Waals surface area contributed by atoms with Crippen molar-refractivity contribution in [2.75, 3.05) is 20.8 Å². The Kier molecular flexibility index (Phi) is 6.15. The van der Waals surface area contributed by atoms with Gasteiger partial charge in [-0.15, -0.1) is 0 Å². The Bertz CT molecular complexity index is 416. The molecule has 0 aliphatic carbocycles. The number of aliphatic hydroxyl groups is 1. The fraction of sp³-hybridized carbons (Fsp3) is 0.500. The number of esters is 1. The number of aliphatic hydroxyl groups excluding tert-OH is 1. The van der Waals surface area contributed by atoms with Crippen LogP contribution in [-0.4, -0.2) is 31.9 Å². The summed E-state index contributed by atoms with van der Waals surface area (Å²) in [6, 6.07) is 5.07. The lowest BCUT2D eigenvalue weighted by atomic mass is 10.1. The van der Waals surface area contributed by atoms with Crippen LogP contribution in [0.5, 0.6) is 11.5 Å². The number of methoxy groups -OCH3 is 2. The summed E-state index contributed by atoms with van der Waals surface area (Å²) in [6.07, 6.45) is -0.331. The Hall–Kier alpha value is -1.75. The standard InChI is InChI=1S/C14H20O5/c1-4-7-19-14(16)9-12(15)11-8-10(17-2)5-6-13(11)18-3/h5-6,8,12,15H,4,7,9H2,1-3H3. The minimum atomic E-state index is -0.977. The van der Waals surface area contributed by atoms with E-state index in [-0.39, 0.29) is 6.42 Å². The quantitative estimate of drug-likeness (QED) is 0.767. The molecule has 0 radical (unpaired) electrons. The molecular weight excluding hydrogens is 248 g/mol. The number of ether oxygens (including phenoxy) is 3. The number of hydrogen-bond donors (Lipinski definition) is 1. The molecular formula is C14H20O5. The molecule has 0 amide bonds. The van der Waals surface area contributed by atoms with Gasteiger partial charge in [-0.1, -0.05) is 6.92 Å². The summed E-state index contributed by atoms with van der Waals surface area (Å²) in [5, 5.41) is 10.1. The molecule has 0 aliphatic rings. The summed E-state index contributed by atoms with van der Waals surface area (Å²) in [5.74, 6) is 0.674. The number of rotatable bonds is 7. The highest BCUT2D eigenvalue weighted by Gasteiger charge is 2.18. The summed E-state index contributed by atoms with van der Waals surface area (Å²) < 4.78 is 15.2. The van der Waals surface area contributed by atoms with Crippen LogP contribution in [0, 0.1) is 0 Å². The number of carbonyl (C=O) groups is 1. The van der Waals surface area contributed by atoms with Crippen molar-refractivity contribution in [3.05, 3.63) is 23.8 Å². The number of hydrogen-bond acceptors (Lipinski definition) is 5. The summed E-state index contributed by atoms with van der Waals surface area (Å²) >= 11 is 0. The Morgan fingerprint density at radius 2 is 2.05 bits per heavy atom. The molecule has 0 bridgehead atoms.